The van der Waals surface area contributed by atoms with Crippen molar-refractivity contribution in [1.82, 2.24) is 4.90 Å². The van der Waals surface area contributed by atoms with Gasteiger partial charge in [-0.3, -0.25) is 0 Å². The molecule has 0 unspecified atom stereocenters. The molecule has 0 saturated carbocycles. The summed E-state index contributed by atoms with van der Waals surface area (Å²) < 4.78 is 18.2. The van der Waals surface area contributed by atoms with Crippen LogP contribution in [0.2, 0.25) is 0 Å². The van der Waals surface area contributed by atoms with Crippen LogP contribution in [0, 0.1) is 6.92 Å². The largest absolute Gasteiger partial charge is 0.495 e. The highest BCUT2D eigenvalue weighted by Crippen LogP contribution is 2.38. The van der Waals surface area contributed by atoms with E-state index in [-0.39, 0.29) is 24.4 Å². The first-order chi connectivity index (χ1) is 13.3. The summed E-state index contributed by atoms with van der Waals surface area (Å²) in [5.41, 5.74) is 2.41. The van der Waals surface area contributed by atoms with E-state index < -0.39 is 5.60 Å². The van der Waals surface area contributed by atoms with Crippen LogP contribution in [-0.4, -0.2) is 48.0 Å². The molecule has 0 N–H and O–H groups in total. The maximum absolute atomic E-state index is 12.4. The summed E-state index contributed by atoms with van der Waals surface area (Å²) in [5.74, 6) is 0.378. The molecule has 0 spiro atoms. The molecule has 5 nitrogen and oxygen atoms in total. The minimum Gasteiger partial charge on any atom is -0.444 e. The van der Waals surface area contributed by atoms with Crippen molar-refractivity contribution in [3.05, 3.63) is 29.3 Å². The third-order valence-corrected chi connectivity index (χ3v) is 6.34. The summed E-state index contributed by atoms with van der Waals surface area (Å²) in [6, 6.07) is 6.56. The first-order valence-electron chi connectivity index (χ1n) is 10.7. The Morgan fingerprint density at radius 1 is 1.10 bits per heavy atom. The minimum atomic E-state index is -0.463. The standard InChI is InChI=1S/C23H36BNO4/c1-16-9-10-18(19(15-16)24-28-22(5,6)23(7,8)29-24)17-11-13-25(14-12-17)20(26)27-21(2,3)4/h9-10,15,17H,11-14H2,1-8H3. The number of amides is 1. The van der Waals surface area contributed by atoms with Crippen LogP contribution in [0.3, 0.4) is 0 Å². The summed E-state index contributed by atoms with van der Waals surface area (Å²) in [4.78, 5) is 14.2. The van der Waals surface area contributed by atoms with Crippen LogP contribution in [0.15, 0.2) is 18.2 Å². The zero-order chi connectivity index (χ0) is 21.6. The molecule has 3 rings (SSSR count). The van der Waals surface area contributed by atoms with Gasteiger partial charge < -0.3 is 18.9 Å². The van der Waals surface area contributed by atoms with Crippen LogP contribution in [0.4, 0.5) is 4.79 Å². The van der Waals surface area contributed by atoms with Gasteiger partial charge in [-0.2, -0.15) is 0 Å². The van der Waals surface area contributed by atoms with Crippen molar-refractivity contribution in [2.75, 3.05) is 13.1 Å². The first kappa shape index (κ1) is 22.2. The number of likely N-dealkylation sites (tertiary alicyclic amines) is 1. The van der Waals surface area contributed by atoms with Crippen LogP contribution >= 0.6 is 0 Å². The highest BCUT2D eigenvalue weighted by Gasteiger charge is 2.52. The maximum atomic E-state index is 12.4. The van der Waals surface area contributed by atoms with E-state index in [4.69, 9.17) is 14.0 Å². The first-order valence-corrected chi connectivity index (χ1v) is 10.7. The normalized spacial score (nSPS) is 22.1. The summed E-state index contributed by atoms with van der Waals surface area (Å²) in [5, 5.41) is 0. The predicted octanol–water partition coefficient (Wildman–Crippen LogP) is 4.41. The SMILES string of the molecule is Cc1ccc(C2CCN(C(=O)OC(C)(C)C)CC2)c(B2OC(C)(C)C(C)(C)O2)c1. The van der Waals surface area contributed by atoms with E-state index in [2.05, 4.69) is 52.8 Å². The van der Waals surface area contributed by atoms with E-state index >= 15 is 0 Å². The van der Waals surface area contributed by atoms with Gasteiger partial charge in [-0.15, -0.1) is 0 Å². The van der Waals surface area contributed by atoms with Gasteiger partial charge in [0.15, 0.2) is 0 Å². The fraction of sp³-hybridized carbons (Fsp3) is 0.696. The average Bonchev–Trinajstić information content (AvgIpc) is 2.81. The third kappa shape index (κ3) is 4.80. The molecule has 1 amide bonds. The number of aryl methyl sites for hydroxylation is 1. The van der Waals surface area contributed by atoms with Crippen molar-refractivity contribution in [1.29, 1.82) is 0 Å². The number of rotatable bonds is 2. The Labute approximate surface area is 176 Å². The van der Waals surface area contributed by atoms with Gasteiger partial charge in [0.05, 0.1) is 11.2 Å². The molecule has 0 aromatic heterocycles. The molecule has 1 aromatic rings. The second-order valence-corrected chi connectivity index (χ2v) is 10.5. The summed E-state index contributed by atoms with van der Waals surface area (Å²) in [7, 11) is -0.362. The zero-order valence-electron chi connectivity index (χ0n) is 19.3. The van der Waals surface area contributed by atoms with Gasteiger partial charge in [0, 0.05) is 13.1 Å². The van der Waals surface area contributed by atoms with Crippen LogP contribution in [-0.2, 0) is 14.0 Å². The number of carbonyl (C=O) groups is 1. The molecule has 0 radical (unpaired) electrons. The molecule has 2 heterocycles. The Morgan fingerprint density at radius 2 is 1.66 bits per heavy atom. The molecule has 2 fully saturated rings. The van der Waals surface area contributed by atoms with Gasteiger partial charge in [0.1, 0.15) is 5.60 Å². The third-order valence-electron chi connectivity index (χ3n) is 6.34. The molecular formula is C23H36BNO4. The number of benzene rings is 1. The Bertz CT molecular complexity index is 745. The van der Waals surface area contributed by atoms with Gasteiger partial charge in [-0.05, 0) is 85.2 Å². The maximum Gasteiger partial charge on any atom is 0.495 e. The van der Waals surface area contributed by atoms with Crippen molar-refractivity contribution in [3.63, 3.8) is 0 Å². The van der Waals surface area contributed by atoms with Gasteiger partial charge in [-0.25, -0.2) is 4.79 Å². The van der Waals surface area contributed by atoms with Gasteiger partial charge >= 0.3 is 13.2 Å². The van der Waals surface area contributed by atoms with Gasteiger partial charge in [0.2, 0.25) is 0 Å². The van der Waals surface area contributed by atoms with E-state index in [9.17, 15) is 4.79 Å². The number of carbonyl (C=O) groups excluding carboxylic acids is 1. The van der Waals surface area contributed by atoms with E-state index in [0.29, 0.717) is 19.0 Å². The predicted molar refractivity (Wildman–Crippen MR) is 117 cm³/mol. The van der Waals surface area contributed by atoms with E-state index in [1.54, 1.807) is 0 Å². The second-order valence-electron chi connectivity index (χ2n) is 10.5. The van der Waals surface area contributed by atoms with E-state index in [1.165, 1.54) is 11.1 Å². The summed E-state index contributed by atoms with van der Waals surface area (Å²) >= 11 is 0. The molecule has 2 aliphatic rings. The fourth-order valence-electron chi connectivity index (χ4n) is 3.94. The highest BCUT2D eigenvalue weighted by molar-refractivity contribution is 6.62. The van der Waals surface area contributed by atoms with Gasteiger partial charge in [0.25, 0.3) is 0 Å². The monoisotopic (exact) mass is 401 g/mol. The quantitative estimate of drug-likeness (QED) is 0.689. The van der Waals surface area contributed by atoms with Crippen molar-refractivity contribution < 1.29 is 18.8 Å². The molecule has 0 atom stereocenters. The summed E-state index contributed by atoms with van der Waals surface area (Å²) in [6.07, 6.45) is 1.61. The molecule has 6 heteroatoms. The smallest absolute Gasteiger partial charge is 0.444 e. The second kappa shape index (κ2) is 7.62. The number of piperidine rings is 1. The summed E-state index contributed by atoms with van der Waals surface area (Å²) in [6.45, 7) is 17.6. The number of ether oxygens (including phenoxy) is 1. The van der Waals surface area contributed by atoms with E-state index in [0.717, 1.165) is 18.3 Å². The highest BCUT2D eigenvalue weighted by atomic mass is 16.7. The van der Waals surface area contributed by atoms with Gasteiger partial charge in [-0.1, -0.05) is 23.8 Å². The lowest BCUT2D eigenvalue weighted by Gasteiger charge is -2.34. The molecular weight excluding hydrogens is 365 g/mol. The molecule has 2 saturated heterocycles. The molecule has 29 heavy (non-hydrogen) atoms. The van der Waals surface area contributed by atoms with Crippen LogP contribution in [0.5, 0.6) is 0 Å². The zero-order valence-corrected chi connectivity index (χ0v) is 19.3. The molecule has 160 valence electrons. The average molecular weight is 401 g/mol. The lowest BCUT2D eigenvalue weighted by molar-refractivity contribution is 0.00578. The van der Waals surface area contributed by atoms with Crippen molar-refractivity contribution >= 4 is 18.7 Å². The molecule has 0 bridgehead atoms. The molecule has 2 aliphatic heterocycles. The lowest BCUT2D eigenvalue weighted by atomic mass is 9.71. The molecule has 1 aromatic carbocycles. The lowest BCUT2D eigenvalue weighted by Crippen LogP contribution is -2.43. The number of hydrogen-bond donors (Lipinski definition) is 0. The number of nitrogens with zero attached hydrogens (tertiary/aromatic N) is 1. The Hall–Kier alpha value is -1.53. The molecule has 0 aliphatic carbocycles. The fourth-order valence-corrected chi connectivity index (χ4v) is 3.94. The van der Waals surface area contributed by atoms with Crippen LogP contribution in [0.25, 0.3) is 0 Å². The Morgan fingerprint density at radius 3 is 2.17 bits per heavy atom. The van der Waals surface area contributed by atoms with Crippen molar-refractivity contribution in [2.24, 2.45) is 0 Å². The topological polar surface area (TPSA) is 48.0 Å². The van der Waals surface area contributed by atoms with Crippen molar-refractivity contribution in [3.8, 4) is 0 Å². The minimum absolute atomic E-state index is 0.217. The Balaban J connectivity index is 1.76. The number of hydrogen-bond acceptors (Lipinski definition) is 4. The van der Waals surface area contributed by atoms with E-state index in [1.807, 2.05) is 25.7 Å². The Kier molecular flexibility index (Phi) is 5.83. The van der Waals surface area contributed by atoms with Crippen molar-refractivity contribution in [2.45, 2.75) is 91.0 Å². The van der Waals surface area contributed by atoms with Crippen LogP contribution in [0.1, 0.15) is 78.4 Å². The van der Waals surface area contributed by atoms with Crippen LogP contribution < -0.4 is 5.46 Å².